The van der Waals surface area contributed by atoms with Crippen molar-refractivity contribution in [1.82, 2.24) is 9.88 Å². The Hall–Kier alpha value is -1.33. The molecule has 2 heterocycles. The number of hydrogen-bond donors (Lipinski definition) is 1. The van der Waals surface area contributed by atoms with Crippen LogP contribution in [0.4, 0.5) is 0 Å². The molecular weight excluding hydrogens is 289 g/mol. The number of pyridine rings is 1. The maximum atomic E-state index is 12.4. The van der Waals surface area contributed by atoms with E-state index in [1.807, 2.05) is 0 Å². The summed E-state index contributed by atoms with van der Waals surface area (Å²) in [5.74, 6) is -0.831. The summed E-state index contributed by atoms with van der Waals surface area (Å²) in [7, 11) is 0. The van der Waals surface area contributed by atoms with Crippen molar-refractivity contribution in [3.8, 4) is 0 Å². The Morgan fingerprint density at radius 3 is 2.79 bits per heavy atom. The van der Waals surface area contributed by atoms with E-state index in [2.05, 4.69) is 4.98 Å². The molecule has 1 aromatic rings. The van der Waals surface area contributed by atoms with Crippen LogP contribution < -0.4 is 5.73 Å². The van der Waals surface area contributed by atoms with E-state index in [9.17, 15) is 9.59 Å². The normalized spacial score (nSPS) is 19.3. The van der Waals surface area contributed by atoms with E-state index in [-0.39, 0.29) is 21.6 Å². The zero-order chi connectivity index (χ0) is 14.0. The van der Waals surface area contributed by atoms with Crippen molar-refractivity contribution in [1.29, 1.82) is 0 Å². The zero-order valence-electron chi connectivity index (χ0n) is 10.1. The number of piperidine rings is 1. The number of rotatable bonds is 2. The number of amides is 2. The predicted octanol–water partition coefficient (Wildman–Crippen LogP) is 1.87. The molecule has 0 aliphatic carbocycles. The minimum atomic E-state index is -0.579. The van der Waals surface area contributed by atoms with Gasteiger partial charge < -0.3 is 10.6 Å². The highest BCUT2D eigenvalue weighted by Gasteiger charge is 2.32. The van der Waals surface area contributed by atoms with Crippen LogP contribution in [0.2, 0.25) is 10.2 Å². The molecule has 1 aromatic heterocycles. The van der Waals surface area contributed by atoms with Crippen molar-refractivity contribution in [2.75, 3.05) is 6.54 Å². The van der Waals surface area contributed by atoms with E-state index in [0.29, 0.717) is 13.0 Å². The van der Waals surface area contributed by atoms with Gasteiger partial charge >= 0.3 is 0 Å². The molecule has 0 spiro atoms. The van der Waals surface area contributed by atoms with Crippen molar-refractivity contribution < 1.29 is 9.59 Å². The molecule has 1 unspecified atom stereocenters. The fourth-order valence-electron chi connectivity index (χ4n) is 2.20. The van der Waals surface area contributed by atoms with Crippen LogP contribution in [-0.2, 0) is 4.79 Å². The van der Waals surface area contributed by atoms with Gasteiger partial charge in [0.1, 0.15) is 11.2 Å². The van der Waals surface area contributed by atoms with E-state index in [1.165, 1.54) is 17.2 Å². The molecule has 0 radical (unpaired) electrons. The van der Waals surface area contributed by atoms with Gasteiger partial charge in [0.05, 0.1) is 10.6 Å². The smallest absolute Gasteiger partial charge is 0.256 e. The van der Waals surface area contributed by atoms with Gasteiger partial charge in [-0.1, -0.05) is 23.2 Å². The zero-order valence-corrected chi connectivity index (χ0v) is 11.6. The highest BCUT2D eigenvalue weighted by molar-refractivity contribution is 6.35. The Balaban J connectivity index is 2.31. The lowest BCUT2D eigenvalue weighted by Crippen LogP contribution is -2.50. The minimum absolute atomic E-state index is 0.181. The van der Waals surface area contributed by atoms with Crippen LogP contribution in [-0.4, -0.2) is 34.3 Å². The number of likely N-dealkylation sites (tertiary alicyclic amines) is 1. The molecule has 0 saturated carbocycles. The lowest BCUT2D eigenvalue weighted by molar-refractivity contribution is -0.123. The van der Waals surface area contributed by atoms with Crippen molar-refractivity contribution in [3.63, 3.8) is 0 Å². The van der Waals surface area contributed by atoms with Crippen LogP contribution in [0, 0.1) is 0 Å². The van der Waals surface area contributed by atoms with Gasteiger partial charge in [0.15, 0.2) is 0 Å². The van der Waals surface area contributed by atoms with Crippen molar-refractivity contribution in [2.45, 2.75) is 25.3 Å². The summed E-state index contributed by atoms with van der Waals surface area (Å²) in [6.07, 6.45) is 3.62. The average molecular weight is 302 g/mol. The Morgan fingerprint density at radius 2 is 2.11 bits per heavy atom. The first-order chi connectivity index (χ1) is 9.00. The van der Waals surface area contributed by atoms with Crippen molar-refractivity contribution in [2.24, 2.45) is 5.73 Å². The first-order valence-electron chi connectivity index (χ1n) is 5.92. The molecular formula is C12H13Cl2N3O2. The van der Waals surface area contributed by atoms with Crippen LogP contribution in [0.1, 0.15) is 29.6 Å². The summed E-state index contributed by atoms with van der Waals surface area (Å²) in [6, 6.07) is 0.822. The van der Waals surface area contributed by atoms with Gasteiger partial charge in [-0.15, -0.1) is 0 Å². The maximum absolute atomic E-state index is 12.4. The van der Waals surface area contributed by atoms with Gasteiger partial charge in [0, 0.05) is 12.7 Å². The lowest BCUT2D eigenvalue weighted by Gasteiger charge is -2.33. The number of carbonyl (C=O) groups is 2. The molecule has 2 rings (SSSR count). The first-order valence-corrected chi connectivity index (χ1v) is 6.67. The predicted molar refractivity (Wildman–Crippen MR) is 72.1 cm³/mol. The first kappa shape index (κ1) is 14.1. The van der Waals surface area contributed by atoms with Crippen LogP contribution in [0.3, 0.4) is 0 Å². The van der Waals surface area contributed by atoms with Crippen LogP contribution in [0.15, 0.2) is 12.3 Å². The topological polar surface area (TPSA) is 76.3 Å². The molecule has 1 fully saturated rings. The maximum Gasteiger partial charge on any atom is 0.256 e. The van der Waals surface area contributed by atoms with Crippen molar-refractivity contribution in [3.05, 3.63) is 28.0 Å². The molecule has 102 valence electrons. The molecule has 2 amide bonds. The van der Waals surface area contributed by atoms with Crippen LogP contribution in [0.25, 0.3) is 0 Å². The van der Waals surface area contributed by atoms with E-state index < -0.39 is 11.9 Å². The minimum Gasteiger partial charge on any atom is -0.368 e. The third kappa shape index (κ3) is 2.98. The number of carbonyl (C=O) groups excluding carboxylic acids is 2. The molecule has 1 aliphatic heterocycles. The molecule has 1 atom stereocenters. The molecule has 5 nitrogen and oxygen atoms in total. The average Bonchev–Trinajstić information content (AvgIpc) is 2.40. The van der Waals surface area contributed by atoms with Crippen molar-refractivity contribution >= 4 is 35.0 Å². The number of aromatic nitrogens is 1. The number of primary amides is 1. The second-order valence-electron chi connectivity index (χ2n) is 4.40. The van der Waals surface area contributed by atoms with Gasteiger partial charge in [-0.2, -0.15) is 0 Å². The third-order valence-corrected chi connectivity index (χ3v) is 3.65. The summed E-state index contributed by atoms with van der Waals surface area (Å²) in [5, 5.41) is 0.392. The third-order valence-electron chi connectivity index (χ3n) is 3.14. The molecule has 7 heteroatoms. The molecule has 1 aliphatic rings. The summed E-state index contributed by atoms with van der Waals surface area (Å²) in [6.45, 7) is 0.489. The van der Waals surface area contributed by atoms with Gasteiger partial charge in [-0.05, 0) is 25.3 Å². The lowest BCUT2D eigenvalue weighted by atomic mass is 10.0. The molecule has 0 aromatic carbocycles. The molecule has 19 heavy (non-hydrogen) atoms. The Morgan fingerprint density at radius 1 is 1.37 bits per heavy atom. The van der Waals surface area contributed by atoms with Gasteiger partial charge in [0.25, 0.3) is 5.91 Å². The summed E-state index contributed by atoms with van der Waals surface area (Å²) < 4.78 is 0. The highest BCUT2D eigenvalue weighted by Crippen LogP contribution is 2.24. The largest absolute Gasteiger partial charge is 0.368 e. The van der Waals surface area contributed by atoms with E-state index in [0.717, 1.165) is 12.8 Å². The Kier molecular flexibility index (Phi) is 4.27. The SMILES string of the molecule is NC(=O)C1CCCCN1C(=O)c1cc(Cl)ncc1Cl. The quantitative estimate of drug-likeness (QED) is 0.847. The highest BCUT2D eigenvalue weighted by atomic mass is 35.5. The van der Waals surface area contributed by atoms with Crippen LogP contribution in [0.5, 0.6) is 0 Å². The molecule has 1 saturated heterocycles. The molecule has 0 bridgehead atoms. The summed E-state index contributed by atoms with van der Waals surface area (Å²) in [4.78, 5) is 29.1. The second-order valence-corrected chi connectivity index (χ2v) is 5.19. The summed E-state index contributed by atoms with van der Waals surface area (Å²) >= 11 is 11.7. The van der Waals surface area contributed by atoms with Gasteiger partial charge in [-0.3, -0.25) is 9.59 Å². The number of hydrogen-bond acceptors (Lipinski definition) is 3. The number of nitrogens with zero attached hydrogens (tertiary/aromatic N) is 2. The standard InChI is InChI=1S/C12H13Cl2N3O2/c13-8-6-16-10(14)5-7(8)12(19)17-4-2-1-3-9(17)11(15)18/h5-6,9H,1-4H2,(H2,15,18). The van der Waals surface area contributed by atoms with E-state index in [1.54, 1.807) is 0 Å². The fourth-order valence-corrected chi connectivity index (χ4v) is 2.54. The van der Waals surface area contributed by atoms with E-state index >= 15 is 0 Å². The molecule has 2 N–H and O–H groups in total. The Bertz CT molecular complexity index is 522. The number of halogens is 2. The van der Waals surface area contributed by atoms with Crippen LogP contribution >= 0.6 is 23.2 Å². The van der Waals surface area contributed by atoms with Gasteiger partial charge in [0.2, 0.25) is 5.91 Å². The number of nitrogens with two attached hydrogens (primary N) is 1. The fraction of sp³-hybridized carbons (Fsp3) is 0.417. The van der Waals surface area contributed by atoms with Gasteiger partial charge in [-0.25, -0.2) is 4.98 Å². The monoisotopic (exact) mass is 301 g/mol. The van der Waals surface area contributed by atoms with E-state index in [4.69, 9.17) is 28.9 Å². The Labute approximate surface area is 120 Å². The second kappa shape index (κ2) is 5.75. The summed E-state index contributed by atoms with van der Waals surface area (Å²) in [5.41, 5.74) is 5.58.